The summed E-state index contributed by atoms with van der Waals surface area (Å²) in [5.41, 5.74) is 7.98. The first kappa shape index (κ1) is 11.9. The standard InChI is InChI=1S/C11H16N2OS/c1-3-4-10(12)11(14)13-5-9-7-15-6-8(9)2/h3,6-7,10H,1,4-5,12H2,2H3,(H,13,14). The molecule has 0 bridgehead atoms. The second-order valence-electron chi connectivity index (χ2n) is 3.43. The number of nitrogens with one attached hydrogen (secondary N) is 1. The van der Waals surface area contributed by atoms with Crippen molar-refractivity contribution in [1.29, 1.82) is 0 Å². The molecule has 0 radical (unpaired) electrons. The molecule has 1 amide bonds. The first-order valence-electron chi connectivity index (χ1n) is 4.81. The van der Waals surface area contributed by atoms with Crippen molar-refractivity contribution < 1.29 is 4.79 Å². The summed E-state index contributed by atoms with van der Waals surface area (Å²) in [6.45, 7) is 6.13. The average molecular weight is 224 g/mol. The Morgan fingerprint density at radius 2 is 2.47 bits per heavy atom. The highest BCUT2D eigenvalue weighted by molar-refractivity contribution is 7.08. The van der Waals surface area contributed by atoms with Gasteiger partial charge in [0.25, 0.3) is 0 Å². The third-order valence-corrected chi connectivity index (χ3v) is 3.08. The number of hydrogen-bond acceptors (Lipinski definition) is 3. The first-order valence-corrected chi connectivity index (χ1v) is 5.75. The van der Waals surface area contributed by atoms with E-state index in [1.165, 1.54) is 5.56 Å². The van der Waals surface area contributed by atoms with Crippen LogP contribution in [0.25, 0.3) is 0 Å². The number of thiophene rings is 1. The smallest absolute Gasteiger partial charge is 0.237 e. The molecule has 0 aliphatic rings. The zero-order valence-corrected chi connectivity index (χ0v) is 9.64. The number of hydrogen-bond donors (Lipinski definition) is 2. The quantitative estimate of drug-likeness (QED) is 0.746. The van der Waals surface area contributed by atoms with Gasteiger partial charge in [-0.3, -0.25) is 4.79 Å². The van der Waals surface area contributed by atoms with E-state index in [4.69, 9.17) is 5.73 Å². The minimum absolute atomic E-state index is 0.125. The molecule has 3 N–H and O–H groups in total. The molecular weight excluding hydrogens is 208 g/mol. The Morgan fingerprint density at radius 1 is 1.73 bits per heavy atom. The predicted octanol–water partition coefficient (Wildman–Crippen LogP) is 1.58. The minimum atomic E-state index is -0.485. The number of carbonyl (C=O) groups is 1. The molecule has 1 aromatic heterocycles. The lowest BCUT2D eigenvalue weighted by atomic mass is 10.2. The number of carbonyl (C=O) groups excluding carboxylic acids is 1. The second kappa shape index (κ2) is 5.68. The molecule has 1 unspecified atom stereocenters. The van der Waals surface area contributed by atoms with E-state index in [1.807, 2.05) is 12.3 Å². The number of nitrogens with two attached hydrogens (primary N) is 1. The largest absolute Gasteiger partial charge is 0.351 e. The molecule has 4 heteroatoms. The molecule has 0 spiro atoms. The fraction of sp³-hybridized carbons (Fsp3) is 0.364. The highest BCUT2D eigenvalue weighted by Gasteiger charge is 2.11. The average Bonchev–Trinajstić information content (AvgIpc) is 2.61. The highest BCUT2D eigenvalue weighted by atomic mass is 32.1. The van der Waals surface area contributed by atoms with Gasteiger partial charge in [0.1, 0.15) is 0 Å². The molecule has 0 aliphatic heterocycles. The molecule has 82 valence electrons. The molecule has 0 aromatic carbocycles. The van der Waals surface area contributed by atoms with Crippen molar-refractivity contribution >= 4 is 17.2 Å². The van der Waals surface area contributed by atoms with Gasteiger partial charge in [-0.2, -0.15) is 11.3 Å². The molecular formula is C11H16N2OS. The third-order valence-electron chi connectivity index (χ3n) is 2.17. The fourth-order valence-corrected chi connectivity index (χ4v) is 2.02. The summed E-state index contributed by atoms with van der Waals surface area (Å²) in [5, 5.41) is 6.90. The Kier molecular flexibility index (Phi) is 4.52. The van der Waals surface area contributed by atoms with Gasteiger partial charge in [-0.1, -0.05) is 6.08 Å². The van der Waals surface area contributed by atoms with Gasteiger partial charge in [0.15, 0.2) is 0 Å². The van der Waals surface area contributed by atoms with E-state index < -0.39 is 6.04 Å². The zero-order valence-electron chi connectivity index (χ0n) is 8.82. The van der Waals surface area contributed by atoms with Gasteiger partial charge >= 0.3 is 0 Å². The van der Waals surface area contributed by atoms with Gasteiger partial charge in [-0.25, -0.2) is 0 Å². The topological polar surface area (TPSA) is 55.1 Å². The van der Waals surface area contributed by atoms with Crippen LogP contribution in [0.2, 0.25) is 0 Å². The normalized spacial score (nSPS) is 12.1. The van der Waals surface area contributed by atoms with Crippen molar-refractivity contribution in [3.8, 4) is 0 Å². The minimum Gasteiger partial charge on any atom is -0.351 e. The molecule has 0 saturated heterocycles. The van der Waals surface area contributed by atoms with Crippen LogP contribution in [0.5, 0.6) is 0 Å². The molecule has 0 saturated carbocycles. The van der Waals surface area contributed by atoms with Gasteiger partial charge in [0.05, 0.1) is 6.04 Å². The van der Waals surface area contributed by atoms with Gasteiger partial charge in [0, 0.05) is 6.54 Å². The van der Waals surface area contributed by atoms with E-state index in [1.54, 1.807) is 17.4 Å². The summed E-state index contributed by atoms with van der Waals surface area (Å²) in [4.78, 5) is 11.5. The second-order valence-corrected chi connectivity index (χ2v) is 4.17. The van der Waals surface area contributed by atoms with Crippen LogP contribution in [0.1, 0.15) is 17.5 Å². The fourth-order valence-electron chi connectivity index (χ4n) is 1.17. The van der Waals surface area contributed by atoms with Crippen molar-refractivity contribution in [3.63, 3.8) is 0 Å². The number of aryl methyl sites for hydroxylation is 1. The Balaban J connectivity index is 2.40. The third kappa shape index (κ3) is 3.49. The van der Waals surface area contributed by atoms with Crippen LogP contribution in [0.3, 0.4) is 0 Å². The van der Waals surface area contributed by atoms with Crippen molar-refractivity contribution in [3.05, 3.63) is 34.5 Å². The number of rotatable bonds is 5. The molecule has 0 fully saturated rings. The summed E-state index contributed by atoms with van der Waals surface area (Å²) in [6.07, 6.45) is 2.16. The maximum atomic E-state index is 11.5. The Morgan fingerprint density at radius 3 is 3.00 bits per heavy atom. The summed E-state index contributed by atoms with van der Waals surface area (Å²) < 4.78 is 0. The summed E-state index contributed by atoms with van der Waals surface area (Å²) in [6, 6.07) is -0.485. The van der Waals surface area contributed by atoms with E-state index in [9.17, 15) is 4.79 Å². The van der Waals surface area contributed by atoms with E-state index in [0.29, 0.717) is 13.0 Å². The summed E-state index contributed by atoms with van der Waals surface area (Å²) in [5.74, 6) is -0.125. The lowest BCUT2D eigenvalue weighted by Gasteiger charge is -2.09. The lowest BCUT2D eigenvalue weighted by Crippen LogP contribution is -2.39. The predicted molar refractivity (Wildman–Crippen MR) is 63.7 cm³/mol. The molecule has 1 rings (SSSR count). The Hall–Kier alpha value is -1.13. The van der Waals surface area contributed by atoms with Gasteiger partial charge in [0.2, 0.25) is 5.91 Å². The SMILES string of the molecule is C=CCC(N)C(=O)NCc1cscc1C. The van der Waals surface area contributed by atoms with Crippen molar-refractivity contribution in [2.75, 3.05) is 0 Å². The van der Waals surface area contributed by atoms with E-state index >= 15 is 0 Å². The maximum absolute atomic E-state index is 11.5. The van der Waals surface area contributed by atoms with E-state index in [2.05, 4.69) is 17.3 Å². The van der Waals surface area contributed by atoms with Crippen LogP contribution >= 0.6 is 11.3 Å². The highest BCUT2D eigenvalue weighted by Crippen LogP contribution is 2.12. The van der Waals surface area contributed by atoms with Crippen LogP contribution in [-0.2, 0) is 11.3 Å². The monoisotopic (exact) mass is 224 g/mol. The molecule has 0 aliphatic carbocycles. The van der Waals surface area contributed by atoms with Gasteiger partial charge in [-0.15, -0.1) is 6.58 Å². The molecule has 1 aromatic rings. The van der Waals surface area contributed by atoms with Gasteiger partial charge < -0.3 is 11.1 Å². The molecule has 1 heterocycles. The van der Waals surface area contributed by atoms with Crippen LogP contribution < -0.4 is 11.1 Å². The van der Waals surface area contributed by atoms with Crippen molar-refractivity contribution in [2.45, 2.75) is 25.9 Å². The molecule has 1 atom stereocenters. The van der Waals surface area contributed by atoms with Gasteiger partial charge in [-0.05, 0) is 35.2 Å². The van der Waals surface area contributed by atoms with Crippen LogP contribution in [0.15, 0.2) is 23.4 Å². The summed E-state index contributed by atoms with van der Waals surface area (Å²) in [7, 11) is 0. The van der Waals surface area contributed by atoms with Crippen molar-refractivity contribution in [1.82, 2.24) is 5.32 Å². The van der Waals surface area contributed by atoms with E-state index in [-0.39, 0.29) is 5.91 Å². The Bertz CT molecular complexity index is 346. The van der Waals surface area contributed by atoms with Crippen LogP contribution in [0, 0.1) is 6.92 Å². The van der Waals surface area contributed by atoms with E-state index in [0.717, 1.165) is 5.56 Å². The molecule has 3 nitrogen and oxygen atoms in total. The number of amides is 1. The summed E-state index contributed by atoms with van der Waals surface area (Å²) >= 11 is 1.64. The van der Waals surface area contributed by atoms with Crippen LogP contribution in [0.4, 0.5) is 0 Å². The van der Waals surface area contributed by atoms with Crippen molar-refractivity contribution in [2.24, 2.45) is 5.73 Å². The maximum Gasteiger partial charge on any atom is 0.237 e. The molecule has 15 heavy (non-hydrogen) atoms. The van der Waals surface area contributed by atoms with Crippen LogP contribution in [-0.4, -0.2) is 11.9 Å². The lowest BCUT2D eigenvalue weighted by molar-refractivity contribution is -0.122. The first-order chi connectivity index (χ1) is 7.15. The zero-order chi connectivity index (χ0) is 11.3. The Labute approximate surface area is 94.0 Å².